The van der Waals surface area contributed by atoms with E-state index in [-0.39, 0.29) is 12.3 Å². The van der Waals surface area contributed by atoms with E-state index in [2.05, 4.69) is 24.3 Å². The molecule has 0 bridgehead atoms. The summed E-state index contributed by atoms with van der Waals surface area (Å²) in [7, 11) is 0. The Kier molecular flexibility index (Phi) is 4.79. The molecule has 0 atom stereocenters. The quantitative estimate of drug-likeness (QED) is 0.918. The molecule has 0 aliphatic rings. The molecule has 0 saturated carbocycles. The van der Waals surface area contributed by atoms with Crippen LogP contribution in [0.2, 0.25) is 5.02 Å². The van der Waals surface area contributed by atoms with Gasteiger partial charge in [0.1, 0.15) is 5.82 Å². The van der Waals surface area contributed by atoms with Gasteiger partial charge in [-0.3, -0.25) is 4.79 Å². The van der Waals surface area contributed by atoms with Crippen LogP contribution in [0.4, 0.5) is 5.82 Å². The lowest BCUT2D eigenvalue weighted by Gasteiger charge is -2.11. The minimum atomic E-state index is -0.0939. The summed E-state index contributed by atoms with van der Waals surface area (Å²) >= 11 is 6.05. The molecule has 0 unspecified atom stereocenters. The molecule has 1 heterocycles. The smallest absolute Gasteiger partial charge is 0.229 e. The number of carbonyl (C=O) groups excluding carboxylic acids is 1. The molecule has 1 N–H and O–H groups in total. The largest absolute Gasteiger partial charge is 0.311 e. The van der Waals surface area contributed by atoms with Crippen LogP contribution in [0.5, 0.6) is 0 Å². The zero-order valence-corrected chi connectivity index (χ0v) is 12.4. The fourth-order valence-corrected chi connectivity index (χ4v) is 2.13. The first kappa shape index (κ1) is 14.6. The first-order chi connectivity index (χ1) is 9.56. The molecular formula is C15H18ClN3O. The Morgan fingerprint density at radius 3 is 2.80 bits per heavy atom. The second kappa shape index (κ2) is 6.57. The maximum Gasteiger partial charge on any atom is 0.229 e. The molecule has 0 saturated heterocycles. The van der Waals surface area contributed by atoms with Crippen LogP contribution in [0.1, 0.15) is 19.4 Å². The normalized spacial score (nSPS) is 10.8. The van der Waals surface area contributed by atoms with Crippen LogP contribution in [0.25, 0.3) is 0 Å². The number of rotatable bonds is 5. The Balaban J connectivity index is 2.02. The van der Waals surface area contributed by atoms with Crippen LogP contribution >= 0.6 is 11.6 Å². The number of anilines is 1. The van der Waals surface area contributed by atoms with Crippen molar-refractivity contribution in [2.45, 2.75) is 26.8 Å². The Bertz CT molecular complexity index is 592. The van der Waals surface area contributed by atoms with Crippen LogP contribution < -0.4 is 5.32 Å². The molecule has 0 spiro atoms. The molecule has 2 aromatic rings. The molecule has 1 amide bonds. The third-order valence-corrected chi connectivity index (χ3v) is 3.20. The molecule has 1 aromatic heterocycles. The first-order valence-corrected chi connectivity index (χ1v) is 6.99. The average Bonchev–Trinajstić information content (AvgIpc) is 2.78. The van der Waals surface area contributed by atoms with E-state index in [9.17, 15) is 4.79 Å². The van der Waals surface area contributed by atoms with E-state index in [1.165, 1.54) is 0 Å². The summed E-state index contributed by atoms with van der Waals surface area (Å²) in [5, 5.41) is 7.69. The summed E-state index contributed by atoms with van der Waals surface area (Å²) in [5.74, 6) is 1.09. The fraction of sp³-hybridized carbons (Fsp3) is 0.333. The van der Waals surface area contributed by atoms with Crippen LogP contribution in [0.3, 0.4) is 0 Å². The van der Waals surface area contributed by atoms with Crippen molar-refractivity contribution in [3.8, 4) is 0 Å². The van der Waals surface area contributed by atoms with Crippen molar-refractivity contribution in [3.05, 3.63) is 47.1 Å². The second-order valence-corrected chi connectivity index (χ2v) is 5.52. The van der Waals surface area contributed by atoms with Crippen molar-refractivity contribution in [2.24, 2.45) is 5.92 Å². The number of hydrogen-bond donors (Lipinski definition) is 1. The van der Waals surface area contributed by atoms with E-state index < -0.39 is 0 Å². The van der Waals surface area contributed by atoms with Crippen molar-refractivity contribution in [2.75, 3.05) is 5.32 Å². The summed E-state index contributed by atoms with van der Waals surface area (Å²) in [5.41, 5.74) is 0.821. The Labute approximate surface area is 123 Å². The highest BCUT2D eigenvalue weighted by Gasteiger charge is 2.10. The molecule has 0 fully saturated rings. The van der Waals surface area contributed by atoms with Gasteiger partial charge in [0.2, 0.25) is 5.91 Å². The number of nitrogens with zero attached hydrogens (tertiary/aromatic N) is 2. The molecule has 1 aromatic carbocycles. The van der Waals surface area contributed by atoms with Gasteiger partial charge >= 0.3 is 0 Å². The van der Waals surface area contributed by atoms with Gasteiger partial charge in [-0.05, 0) is 17.5 Å². The minimum Gasteiger partial charge on any atom is -0.311 e. The standard InChI is InChI=1S/C15H18ClN3O/c1-11(2)10-19-14(7-8-17-19)18-15(20)9-12-5-3-4-6-13(12)16/h3-8,11H,9-10H2,1-2H3,(H,18,20). The lowest BCUT2D eigenvalue weighted by molar-refractivity contribution is -0.115. The van der Waals surface area contributed by atoms with Gasteiger partial charge in [0.15, 0.2) is 0 Å². The maximum atomic E-state index is 12.1. The number of benzene rings is 1. The van der Waals surface area contributed by atoms with E-state index in [1.54, 1.807) is 23.0 Å². The molecular weight excluding hydrogens is 274 g/mol. The van der Waals surface area contributed by atoms with Crippen LogP contribution in [0.15, 0.2) is 36.5 Å². The highest BCUT2D eigenvalue weighted by molar-refractivity contribution is 6.31. The van der Waals surface area contributed by atoms with Gasteiger partial charge in [0, 0.05) is 17.6 Å². The van der Waals surface area contributed by atoms with Gasteiger partial charge in [-0.15, -0.1) is 0 Å². The summed E-state index contributed by atoms with van der Waals surface area (Å²) in [6.07, 6.45) is 1.94. The van der Waals surface area contributed by atoms with E-state index >= 15 is 0 Å². The summed E-state index contributed by atoms with van der Waals surface area (Å²) in [4.78, 5) is 12.1. The number of nitrogens with one attached hydrogen (secondary N) is 1. The van der Waals surface area contributed by atoms with Gasteiger partial charge in [-0.1, -0.05) is 43.6 Å². The highest BCUT2D eigenvalue weighted by Crippen LogP contribution is 2.16. The van der Waals surface area contributed by atoms with Gasteiger partial charge in [0.25, 0.3) is 0 Å². The number of aromatic nitrogens is 2. The van der Waals surface area contributed by atoms with Crippen LogP contribution in [0, 0.1) is 5.92 Å². The second-order valence-electron chi connectivity index (χ2n) is 5.11. The molecule has 106 valence electrons. The lowest BCUT2D eigenvalue weighted by atomic mass is 10.1. The Morgan fingerprint density at radius 1 is 1.35 bits per heavy atom. The number of amides is 1. The van der Waals surface area contributed by atoms with E-state index in [0.29, 0.717) is 10.9 Å². The first-order valence-electron chi connectivity index (χ1n) is 6.61. The topological polar surface area (TPSA) is 46.9 Å². The molecule has 0 aliphatic heterocycles. The predicted octanol–water partition coefficient (Wildman–Crippen LogP) is 3.37. The molecule has 0 aliphatic carbocycles. The van der Waals surface area contributed by atoms with Crippen molar-refractivity contribution in [1.82, 2.24) is 9.78 Å². The SMILES string of the molecule is CC(C)Cn1nccc1NC(=O)Cc1ccccc1Cl. The Hall–Kier alpha value is -1.81. The summed E-state index contributed by atoms with van der Waals surface area (Å²) < 4.78 is 1.80. The monoisotopic (exact) mass is 291 g/mol. The molecule has 0 radical (unpaired) electrons. The number of halogens is 1. The Morgan fingerprint density at radius 2 is 2.10 bits per heavy atom. The average molecular weight is 292 g/mol. The predicted molar refractivity (Wildman–Crippen MR) is 80.9 cm³/mol. The third kappa shape index (κ3) is 3.84. The van der Waals surface area contributed by atoms with Gasteiger partial charge < -0.3 is 5.32 Å². The lowest BCUT2D eigenvalue weighted by Crippen LogP contribution is -2.18. The maximum absolute atomic E-state index is 12.1. The van der Waals surface area contributed by atoms with Gasteiger partial charge in [-0.2, -0.15) is 5.10 Å². The van der Waals surface area contributed by atoms with Crippen LogP contribution in [-0.2, 0) is 17.8 Å². The third-order valence-electron chi connectivity index (χ3n) is 2.83. The van der Waals surface area contributed by atoms with Crippen molar-refractivity contribution in [1.29, 1.82) is 0 Å². The fourth-order valence-electron chi connectivity index (χ4n) is 1.93. The van der Waals surface area contributed by atoms with E-state index in [1.807, 2.05) is 18.2 Å². The highest BCUT2D eigenvalue weighted by atomic mass is 35.5. The number of hydrogen-bond acceptors (Lipinski definition) is 2. The van der Waals surface area contributed by atoms with Gasteiger partial charge in [0.05, 0.1) is 12.6 Å². The molecule has 20 heavy (non-hydrogen) atoms. The minimum absolute atomic E-state index is 0.0939. The summed E-state index contributed by atoms with van der Waals surface area (Å²) in [6.45, 7) is 4.99. The van der Waals surface area contributed by atoms with Gasteiger partial charge in [-0.25, -0.2) is 4.68 Å². The molecule has 5 heteroatoms. The van der Waals surface area contributed by atoms with Crippen molar-refractivity contribution < 1.29 is 4.79 Å². The molecule has 2 rings (SSSR count). The van der Waals surface area contributed by atoms with Crippen molar-refractivity contribution >= 4 is 23.3 Å². The van der Waals surface area contributed by atoms with E-state index in [0.717, 1.165) is 17.9 Å². The molecule has 4 nitrogen and oxygen atoms in total. The zero-order chi connectivity index (χ0) is 14.5. The summed E-state index contributed by atoms with van der Waals surface area (Å²) in [6, 6.07) is 9.16. The van der Waals surface area contributed by atoms with Crippen molar-refractivity contribution in [3.63, 3.8) is 0 Å². The number of carbonyl (C=O) groups is 1. The van der Waals surface area contributed by atoms with E-state index in [4.69, 9.17) is 11.6 Å². The van der Waals surface area contributed by atoms with Crippen LogP contribution in [-0.4, -0.2) is 15.7 Å². The zero-order valence-electron chi connectivity index (χ0n) is 11.6.